The number of fused-ring (bicyclic) bond motifs is 1. The Morgan fingerprint density at radius 1 is 0.657 bits per heavy atom. The van der Waals surface area contributed by atoms with Crippen molar-refractivity contribution in [2.75, 3.05) is 7.11 Å². The number of pyridine rings is 1. The second kappa shape index (κ2) is 15.4. The molecular weight excluding hydrogens is 430 g/mol. The number of para-hydroxylation sites is 1. The fourth-order valence-corrected chi connectivity index (χ4v) is 5.14. The molecule has 0 fully saturated rings. The lowest BCUT2D eigenvalue weighted by Crippen LogP contribution is -2.16. The third-order valence-electron chi connectivity index (χ3n) is 7.12. The Hall–Kier alpha value is -2.55. The molecule has 2 aromatic carbocycles. The molecule has 0 aliphatic heterocycles. The number of unbranched alkanes of at least 4 members (excludes halogenated alkanes) is 13. The van der Waals surface area contributed by atoms with E-state index in [1.54, 1.807) is 7.11 Å². The highest BCUT2D eigenvalue weighted by Crippen LogP contribution is 2.31. The zero-order valence-corrected chi connectivity index (χ0v) is 22.1. The van der Waals surface area contributed by atoms with E-state index in [-0.39, 0.29) is 5.43 Å². The standard InChI is InChI=1S/C32H45NO2/c1-3-4-5-6-7-8-9-10-11-12-13-14-15-21-26-33-29-25-20-19-24-28(29)31(34)32(35-2)30(33)27-22-17-16-18-23-27/h16-20,22-25H,3-15,21,26H2,1-2H3. The van der Waals surface area contributed by atoms with Crippen LogP contribution >= 0.6 is 0 Å². The molecule has 3 nitrogen and oxygen atoms in total. The van der Waals surface area contributed by atoms with Crippen molar-refractivity contribution in [2.45, 2.75) is 103 Å². The van der Waals surface area contributed by atoms with Crippen molar-refractivity contribution < 1.29 is 4.74 Å². The van der Waals surface area contributed by atoms with E-state index < -0.39 is 0 Å². The van der Waals surface area contributed by atoms with Crippen LogP contribution in [-0.4, -0.2) is 11.7 Å². The van der Waals surface area contributed by atoms with Crippen LogP contribution in [0.4, 0.5) is 0 Å². The van der Waals surface area contributed by atoms with Crippen LogP contribution in [0.1, 0.15) is 96.8 Å². The molecule has 0 spiro atoms. The van der Waals surface area contributed by atoms with Crippen LogP contribution in [-0.2, 0) is 6.54 Å². The molecule has 0 aliphatic carbocycles. The molecule has 3 aromatic rings. The Bertz CT molecular complexity index is 1050. The van der Waals surface area contributed by atoms with E-state index >= 15 is 0 Å². The Morgan fingerprint density at radius 3 is 1.74 bits per heavy atom. The summed E-state index contributed by atoms with van der Waals surface area (Å²) in [5.41, 5.74) is 2.88. The van der Waals surface area contributed by atoms with Crippen molar-refractivity contribution in [2.24, 2.45) is 0 Å². The van der Waals surface area contributed by atoms with Crippen LogP contribution in [0.25, 0.3) is 22.2 Å². The molecular formula is C32H45NO2. The molecule has 35 heavy (non-hydrogen) atoms. The normalized spacial score (nSPS) is 11.3. The van der Waals surface area contributed by atoms with Gasteiger partial charge in [-0.15, -0.1) is 0 Å². The lowest BCUT2D eigenvalue weighted by atomic mass is 10.0. The first-order valence-corrected chi connectivity index (χ1v) is 14.0. The Morgan fingerprint density at radius 2 is 1.17 bits per heavy atom. The molecule has 3 rings (SSSR count). The van der Waals surface area contributed by atoms with Crippen molar-refractivity contribution in [3.8, 4) is 17.0 Å². The van der Waals surface area contributed by atoms with Crippen LogP contribution in [0.3, 0.4) is 0 Å². The Labute approximate surface area is 212 Å². The Kier molecular flexibility index (Phi) is 11.9. The zero-order chi connectivity index (χ0) is 24.7. The number of aromatic nitrogens is 1. The highest BCUT2D eigenvalue weighted by atomic mass is 16.5. The van der Waals surface area contributed by atoms with Crippen molar-refractivity contribution in [1.82, 2.24) is 4.57 Å². The molecule has 0 aliphatic rings. The summed E-state index contributed by atoms with van der Waals surface area (Å²) in [6, 6.07) is 18.1. The van der Waals surface area contributed by atoms with Gasteiger partial charge in [-0.1, -0.05) is 133 Å². The van der Waals surface area contributed by atoms with Gasteiger partial charge in [-0.05, 0) is 18.6 Å². The topological polar surface area (TPSA) is 31.2 Å². The number of nitrogens with zero attached hydrogens (tertiary/aromatic N) is 1. The first kappa shape index (κ1) is 27.0. The molecule has 0 saturated heterocycles. The highest BCUT2D eigenvalue weighted by Gasteiger charge is 2.18. The zero-order valence-electron chi connectivity index (χ0n) is 22.1. The van der Waals surface area contributed by atoms with E-state index in [1.807, 2.05) is 36.4 Å². The molecule has 0 atom stereocenters. The summed E-state index contributed by atoms with van der Waals surface area (Å²) < 4.78 is 7.97. The van der Waals surface area contributed by atoms with Gasteiger partial charge in [0, 0.05) is 17.5 Å². The fraction of sp³-hybridized carbons (Fsp3) is 0.531. The van der Waals surface area contributed by atoms with Gasteiger partial charge in [-0.2, -0.15) is 0 Å². The average molecular weight is 476 g/mol. The van der Waals surface area contributed by atoms with E-state index in [0.717, 1.165) is 35.1 Å². The SMILES string of the molecule is CCCCCCCCCCCCCCCCn1c(-c2ccccc2)c(OC)c(=O)c2ccccc21. The number of methoxy groups -OCH3 is 1. The van der Waals surface area contributed by atoms with Crippen LogP contribution in [0.2, 0.25) is 0 Å². The minimum atomic E-state index is -0.0286. The quantitative estimate of drug-likeness (QED) is 0.182. The van der Waals surface area contributed by atoms with Gasteiger partial charge in [0.15, 0.2) is 5.75 Å². The highest BCUT2D eigenvalue weighted by molar-refractivity contribution is 5.86. The second-order valence-electron chi connectivity index (χ2n) is 9.84. The lowest BCUT2D eigenvalue weighted by Gasteiger charge is -2.20. The van der Waals surface area contributed by atoms with Gasteiger partial charge >= 0.3 is 0 Å². The minimum absolute atomic E-state index is 0.0286. The largest absolute Gasteiger partial charge is 0.491 e. The first-order valence-electron chi connectivity index (χ1n) is 14.0. The van der Waals surface area contributed by atoms with E-state index in [4.69, 9.17) is 4.74 Å². The smallest absolute Gasteiger partial charge is 0.231 e. The average Bonchev–Trinajstić information content (AvgIpc) is 2.90. The van der Waals surface area contributed by atoms with Crippen molar-refractivity contribution in [1.29, 1.82) is 0 Å². The summed E-state index contributed by atoms with van der Waals surface area (Å²) >= 11 is 0. The van der Waals surface area contributed by atoms with Crippen LogP contribution < -0.4 is 10.2 Å². The van der Waals surface area contributed by atoms with Crippen molar-refractivity contribution in [3.63, 3.8) is 0 Å². The molecule has 3 heteroatoms. The number of hydrogen-bond acceptors (Lipinski definition) is 2. The third-order valence-corrected chi connectivity index (χ3v) is 7.12. The summed E-state index contributed by atoms with van der Waals surface area (Å²) in [6.45, 7) is 3.17. The van der Waals surface area contributed by atoms with Crippen molar-refractivity contribution >= 4 is 10.9 Å². The van der Waals surface area contributed by atoms with Crippen LogP contribution in [0.5, 0.6) is 5.75 Å². The maximum atomic E-state index is 13.2. The molecule has 0 radical (unpaired) electrons. The second-order valence-corrected chi connectivity index (χ2v) is 9.84. The summed E-state index contributed by atoms with van der Waals surface area (Å²) in [5, 5.41) is 0.731. The predicted octanol–water partition coefficient (Wildman–Crippen LogP) is 9.16. The maximum Gasteiger partial charge on any atom is 0.231 e. The summed E-state index contributed by atoms with van der Waals surface area (Å²) in [5.74, 6) is 0.445. The monoisotopic (exact) mass is 475 g/mol. The maximum absolute atomic E-state index is 13.2. The molecule has 190 valence electrons. The lowest BCUT2D eigenvalue weighted by molar-refractivity contribution is 0.408. The van der Waals surface area contributed by atoms with Crippen LogP contribution in [0.15, 0.2) is 59.4 Å². The van der Waals surface area contributed by atoms with Gasteiger partial charge in [-0.25, -0.2) is 0 Å². The minimum Gasteiger partial charge on any atom is -0.491 e. The molecule has 0 N–H and O–H groups in total. The van der Waals surface area contributed by atoms with Gasteiger partial charge in [0.05, 0.1) is 18.3 Å². The molecule has 1 heterocycles. The number of benzene rings is 2. The molecule has 0 bridgehead atoms. The summed E-state index contributed by atoms with van der Waals surface area (Å²) in [7, 11) is 1.61. The van der Waals surface area contributed by atoms with Gasteiger partial charge in [-0.3, -0.25) is 4.79 Å². The van der Waals surface area contributed by atoms with E-state index in [0.29, 0.717) is 5.75 Å². The van der Waals surface area contributed by atoms with Gasteiger partial charge in [0.25, 0.3) is 0 Å². The first-order chi connectivity index (χ1) is 17.3. The number of ether oxygens (including phenoxy) is 1. The predicted molar refractivity (Wildman–Crippen MR) is 151 cm³/mol. The number of aryl methyl sites for hydroxylation is 1. The van der Waals surface area contributed by atoms with Crippen molar-refractivity contribution in [3.05, 3.63) is 64.8 Å². The van der Waals surface area contributed by atoms with E-state index in [2.05, 4.69) is 29.7 Å². The van der Waals surface area contributed by atoms with E-state index in [9.17, 15) is 4.79 Å². The molecule has 0 amide bonds. The van der Waals surface area contributed by atoms with Gasteiger partial charge < -0.3 is 9.30 Å². The third kappa shape index (κ3) is 7.98. The Balaban J connectivity index is 1.51. The van der Waals surface area contributed by atoms with E-state index in [1.165, 1.54) is 83.5 Å². The fourth-order valence-electron chi connectivity index (χ4n) is 5.14. The van der Waals surface area contributed by atoms with Gasteiger partial charge in [0.1, 0.15) is 0 Å². The summed E-state index contributed by atoms with van der Waals surface area (Å²) in [4.78, 5) is 13.2. The molecule has 0 saturated carbocycles. The number of hydrogen-bond donors (Lipinski definition) is 0. The van der Waals surface area contributed by atoms with Crippen LogP contribution in [0, 0.1) is 0 Å². The molecule has 1 aromatic heterocycles. The van der Waals surface area contributed by atoms with Gasteiger partial charge in [0.2, 0.25) is 5.43 Å². The summed E-state index contributed by atoms with van der Waals surface area (Å²) in [6.07, 6.45) is 18.9. The number of rotatable bonds is 17. The molecule has 0 unspecified atom stereocenters.